The van der Waals surface area contributed by atoms with Gasteiger partial charge < -0.3 is 14.6 Å². The summed E-state index contributed by atoms with van der Waals surface area (Å²) in [6, 6.07) is 0. The van der Waals surface area contributed by atoms with Crippen molar-refractivity contribution in [1.29, 1.82) is 0 Å². The summed E-state index contributed by atoms with van der Waals surface area (Å²) < 4.78 is 11.0. The van der Waals surface area contributed by atoms with Crippen LogP contribution in [-0.4, -0.2) is 30.1 Å². The van der Waals surface area contributed by atoms with Crippen molar-refractivity contribution in [2.75, 3.05) is 6.61 Å². The van der Waals surface area contributed by atoms with Gasteiger partial charge >= 0.3 is 6.16 Å². The van der Waals surface area contributed by atoms with E-state index in [0.717, 1.165) is 51.4 Å². The van der Waals surface area contributed by atoms with Crippen LogP contribution in [-0.2, 0) is 9.47 Å². The number of carbonyl (C=O) groups excluding carboxylic acids is 1. The molecule has 0 unspecified atom stereocenters. The fraction of sp³-hybridized carbons (Fsp3) is 0.848. The lowest BCUT2D eigenvalue weighted by molar-refractivity contribution is -0.0905. The van der Waals surface area contributed by atoms with E-state index in [-0.39, 0.29) is 28.5 Å². The molecule has 2 fully saturated rings. The summed E-state index contributed by atoms with van der Waals surface area (Å²) in [5, 5.41) is 10.8. The van der Waals surface area contributed by atoms with E-state index in [1.54, 1.807) is 16.7 Å². The first-order valence-corrected chi connectivity index (χ1v) is 15.5. The van der Waals surface area contributed by atoms with Crippen LogP contribution in [0, 0.1) is 34.0 Å². The lowest BCUT2D eigenvalue weighted by Crippen LogP contribution is -2.53. The Morgan fingerprint density at radius 2 is 1.78 bits per heavy atom. The van der Waals surface area contributed by atoms with E-state index in [9.17, 15) is 9.90 Å². The van der Waals surface area contributed by atoms with Crippen molar-refractivity contribution in [2.45, 2.75) is 137 Å². The number of hydrogen-bond donors (Lipinski definition) is 1. The second kappa shape index (κ2) is 10.4. The van der Waals surface area contributed by atoms with E-state index >= 15 is 0 Å². The number of hydrogen-bond acceptors (Lipinski definition) is 4. The molecule has 0 saturated heterocycles. The molecule has 0 radical (unpaired) electrons. The second-order valence-electron chi connectivity index (χ2n) is 14.3. The Morgan fingerprint density at radius 3 is 2.54 bits per heavy atom. The molecule has 37 heavy (non-hydrogen) atoms. The average Bonchev–Trinajstić information content (AvgIpc) is 3.22. The zero-order chi connectivity index (χ0) is 26.4. The number of aliphatic hydroxyl groups excluding tert-OH is 1. The first-order chi connectivity index (χ1) is 17.6. The van der Waals surface area contributed by atoms with Crippen molar-refractivity contribution >= 4 is 6.16 Å². The molecule has 0 aromatic heterocycles. The molecule has 0 aromatic rings. The maximum absolute atomic E-state index is 12.1. The lowest BCUT2D eigenvalue weighted by Gasteiger charge is -2.59. The maximum Gasteiger partial charge on any atom is 0.508 e. The molecule has 2 saturated carbocycles. The molecule has 1 N–H and O–H groups in total. The van der Waals surface area contributed by atoms with Crippen LogP contribution in [0.3, 0.4) is 0 Å². The Hall–Kier alpha value is -1.29. The number of carbonyl (C=O) groups is 1. The molecule has 4 nitrogen and oxygen atoms in total. The number of rotatable bonds is 6. The smallest absolute Gasteiger partial charge is 0.434 e. The molecule has 0 aliphatic heterocycles. The van der Waals surface area contributed by atoms with Crippen LogP contribution < -0.4 is 0 Å². The van der Waals surface area contributed by atoms with Crippen molar-refractivity contribution in [3.8, 4) is 0 Å². The van der Waals surface area contributed by atoms with Crippen LogP contribution in [0.4, 0.5) is 4.79 Å². The first kappa shape index (κ1) is 27.3. The third-order valence-corrected chi connectivity index (χ3v) is 12.0. The standard InChI is InChI=1S/C33H52O4/c1-22(10-9-21-36-30(35)37-23-11-7-6-8-12-23)25-14-15-26-24-13-16-28-31(2,3)29(34)18-20-33(28,5)27(24)17-19-32(25,26)4/h15,22-23,25,28-29,34H,6-14,16-21H2,1-5H3/t22-,25-,28+,29+,32-,33-/m1/s1. The number of fused-ring (bicyclic) bond motifs is 4. The Kier molecular flexibility index (Phi) is 7.64. The van der Waals surface area contributed by atoms with Gasteiger partial charge in [0.15, 0.2) is 0 Å². The van der Waals surface area contributed by atoms with Gasteiger partial charge in [-0.3, -0.25) is 0 Å². The summed E-state index contributed by atoms with van der Waals surface area (Å²) >= 11 is 0. The Morgan fingerprint density at radius 1 is 1.03 bits per heavy atom. The minimum absolute atomic E-state index is 0.00170. The topological polar surface area (TPSA) is 55.8 Å². The normalized spacial score (nSPS) is 38.2. The van der Waals surface area contributed by atoms with Crippen LogP contribution in [0.2, 0.25) is 0 Å². The molecule has 4 heteroatoms. The summed E-state index contributed by atoms with van der Waals surface area (Å²) in [5.74, 6) is 1.85. The van der Waals surface area contributed by atoms with E-state index < -0.39 is 6.16 Å². The van der Waals surface area contributed by atoms with Crippen molar-refractivity contribution < 1.29 is 19.4 Å². The van der Waals surface area contributed by atoms with Gasteiger partial charge in [0.2, 0.25) is 0 Å². The van der Waals surface area contributed by atoms with Gasteiger partial charge in [0.25, 0.3) is 0 Å². The summed E-state index contributed by atoms with van der Waals surface area (Å²) in [4.78, 5) is 12.1. The molecule has 0 bridgehead atoms. The molecule has 0 amide bonds. The summed E-state index contributed by atoms with van der Waals surface area (Å²) in [6.45, 7) is 12.6. The van der Waals surface area contributed by atoms with Gasteiger partial charge in [-0.25, -0.2) is 4.79 Å². The third kappa shape index (κ3) is 4.83. The number of ether oxygens (including phenoxy) is 2. The highest BCUT2D eigenvalue weighted by Crippen LogP contribution is 2.66. The molecular weight excluding hydrogens is 460 g/mol. The SMILES string of the molecule is C[C@H](CCCOC(=O)OC1CCCCC1)[C@H]1CC=C2C3=C(CC[C@@]21C)[C@@]1(C)CC[C@H](O)C(C)(C)[C@@H]1CC3. The quantitative estimate of drug-likeness (QED) is 0.286. The highest BCUT2D eigenvalue weighted by Gasteiger charge is 2.57. The number of allylic oxidation sites excluding steroid dienone is 4. The van der Waals surface area contributed by atoms with Gasteiger partial charge in [0, 0.05) is 0 Å². The van der Waals surface area contributed by atoms with Crippen molar-refractivity contribution in [3.63, 3.8) is 0 Å². The van der Waals surface area contributed by atoms with Crippen LogP contribution in [0.5, 0.6) is 0 Å². The monoisotopic (exact) mass is 512 g/mol. The predicted molar refractivity (Wildman–Crippen MR) is 148 cm³/mol. The minimum atomic E-state index is -0.467. The van der Waals surface area contributed by atoms with Gasteiger partial charge in [-0.05, 0) is 129 Å². The minimum Gasteiger partial charge on any atom is -0.434 e. The van der Waals surface area contributed by atoms with Crippen molar-refractivity contribution in [3.05, 3.63) is 22.8 Å². The predicted octanol–water partition coefficient (Wildman–Crippen LogP) is 8.53. The Balaban J connectivity index is 1.18. The first-order valence-electron chi connectivity index (χ1n) is 15.5. The van der Waals surface area contributed by atoms with Gasteiger partial charge in [-0.15, -0.1) is 0 Å². The van der Waals surface area contributed by atoms with Gasteiger partial charge in [-0.2, -0.15) is 0 Å². The summed E-state index contributed by atoms with van der Waals surface area (Å²) in [6.07, 6.45) is 17.7. The van der Waals surface area contributed by atoms with Gasteiger partial charge in [0.05, 0.1) is 12.7 Å². The fourth-order valence-corrected chi connectivity index (χ4v) is 9.69. The average molecular weight is 513 g/mol. The molecule has 5 aliphatic rings. The van der Waals surface area contributed by atoms with E-state index in [0.29, 0.717) is 24.4 Å². The van der Waals surface area contributed by atoms with Gasteiger partial charge in [-0.1, -0.05) is 52.7 Å². The summed E-state index contributed by atoms with van der Waals surface area (Å²) in [5.41, 5.74) is 5.62. The molecular formula is C33H52O4. The van der Waals surface area contributed by atoms with E-state index in [1.165, 1.54) is 38.5 Å². The zero-order valence-corrected chi connectivity index (χ0v) is 24.2. The second-order valence-corrected chi connectivity index (χ2v) is 14.3. The Bertz CT molecular complexity index is 925. The molecule has 208 valence electrons. The lowest BCUT2D eigenvalue weighted by atomic mass is 9.46. The van der Waals surface area contributed by atoms with E-state index in [2.05, 4.69) is 40.7 Å². The third-order valence-electron chi connectivity index (χ3n) is 12.0. The fourth-order valence-electron chi connectivity index (χ4n) is 9.69. The molecule has 0 heterocycles. The van der Waals surface area contributed by atoms with Crippen LogP contribution in [0.25, 0.3) is 0 Å². The van der Waals surface area contributed by atoms with Crippen molar-refractivity contribution in [1.82, 2.24) is 0 Å². The zero-order valence-electron chi connectivity index (χ0n) is 24.2. The number of aliphatic hydroxyl groups is 1. The largest absolute Gasteiger partial charge is 0.508 e. The van der Waals surface area contributed by atoms with Crippen molar-refractivity contribution in [2.24, 2.45) is 34.0 Å². The molecule has 0 aromatic carbocycles. The van der Waals surface area contributed by atoms with E-state index in [4.69, 9.17) is 9.47 Å². The molecule has 0 spiro atoms. The molecule has 5 rings (SSSR count). The van der Waals surface area contributed by atoms with Crippen LogP contribution >= 0.6 is 0 Å². The maximum atomic E-state index is 12.1. The molecule has 5 aliphatic carbocycles. The highest BCUT2D eigenvalue weighted by atomic mass is 16.7. The van der Waals surface area contributed by atoms with Gasteiger partial charge in [0.1, 0.15) is 6.10 Å². The van der Waals surface area contributed by atoms with Crippen LogP contribution in [0.1, 0.15) is 125 Å². The molecule has 6 atom stereocenters. The van der Waals surface area contributed by atoms with Crippen LogP contribution in [0.15, 0.2) is 22.8 Å². The summed E-state index contributed by atoms with van der Waals surface area (Å²) in [7, 11) is 0. The van der Waals surface area contributed by atoms with E-state index in [1.807, 2.05) is 0 Å². The Labute approximate surface area is 225 Å². The highest BCUT2D eigenvalue weighted by molar-refractivity contribution is 5.60.